The highest BCUT2D eigenvalue weighted by atomic mass is 16.3. The van der Waals surface area contributed by atoms with Gasteiger partial charge < -0.3 is 9.73 Å². The highest BCUT2D eigenvalue weighted by Crippen LogP contribution is 2.50. The molecule has 0 saturated carbocycles. The van der Waals surface area contributed by atoms with Crippen molar-refractivity contribution in [3.05, 3.63) is 120 Å². The minimum absolute atomic E-state index is 0.0553. The second-order valence-electron chi connectivity index (χ2n) is 9.95. The molecular weight excluding hydrogens is 426 g/mol. The first-order valence-electron chi connectivity index (χ1n) is 12.1. The summed E-state index contributed by atoms with van der Waals surface area (Å²) < 4.78 is 6.09. The van der Waals surface area contributed by atoms with Crippen LogP contribution in [0.3, 0.4) is 0 Å². The molecule has 5 aromatic carbocycles. The zero-order valence-corrected chi connectivity index (χ0v) is 19.8. The Kier molecular flexibility index (Phi) is 4.22. The van der Waals surface area contributed by atoms with Gasteiger partial charge >= 0.3 is 0 Å². The number of furan rings is 1. The highest BCUT2D eigenvalue weighted by Gasteiger charge is 2.35. The Morgan fingerprint density at radius 3 is 2.17 bits per heavy atom. The maximum absolute atomic E-state index is 6.09. The summed E-state index contributed by atoms with van der Waals surface area (Å²) in [7, 11) is 0. The molecule has 0 radical (unpaired) electrons. The maximum atomic E-state index is 6.09. The molecule has 0 amide bonds. The number of para-hydroxylation sites is 1. The van der Waals surface area contributed by atoms with E-state index in [1.54, 1.807) is 0 Å². The first kappa shape index (κ1) is 20.1. The van der Waals surface area contributed by atoms with Crippen LogP contribution in [0.4, 0.5) is 11.4 Å². The van der Waals surface area contributed by atoms with E-state index in [0.717, 1.165) is 33.3 Å². The topological polar surface area (TPSA) is 25.2 Å². The molecule has 2 nitrogen and oxygen atoms in total. The Labute approximate surface area is 204 Å². The van der Waals surface area contributed by atoms with E-state index in [2.05, 4.69) is 116 Å². The van der Waals surface area contributed by atoms with Crippen LogP contribution in [0.15, 0.2) is 114 Å². The van der Waals surface area contributed by atoms with Crippen LogP contribution in [0, 0.1) is 0 Å². The van der Waals surface area contributed by atoms with Crippen molar-refractivity contribution >= 4 is 33.3 Å². The molecule has 7 rings (SSSR count). The Morgan fingerprint density at radius 2 is 1.29 bits per heavy atom. The summed E-state index contributed by atoms with van der Waals surface area (Å²) >= 11 is 0. The SMILES string of the molecule is CC1(C)c2ccc(-c3ccccc3)cc2-c2ccc(Nc3ccc4c(c3)oc3ccccc34)cc21. The molecule has 1 aliphatic carbocycles. The largest absolute Gasteiger partial charge is 0.456 e. The van der Waals surface area contributed by atoms with Gasteiger partial charge in [0.15, 0.2) is 0 Å². The van der Waals surface area contributed by atoms with Gasteiger partial charge in [-0.15, -0.1) is 0 Å². The maximum Gasteiger partial charge on any atom is 0.137 e. The van der Waals surface area contributed by atoms with E-state index in [0.29, 0.717) is 0 Å². The van der Waals surface area contributed by atoms with Gasteiger partial charge in [-0.05, 0) is 69.8 Å². The van der Waals surface area contributed by atoms with Crippen molar-refractivity contribution in [3.63, 3.8) is 0 Å². The highest BCUT2D eigenvalue weighted by molar-refractivity contribution is 6.05. The Hall–Kier alpha value is -4.30. The third-order valence-electron chi connectivity index (χ3n) is 7.45. The van der Waals surface area contributed by atoms with Gasteiger partial charge in [-0.2, -0.15) is 0 Å². The molecule has 0 fully saturated rings. The standard InChI is InChI=1S/C33H25NO/c1-33(2)29-17-12-22(21-8-4-3-5-9-21)18-28(29)25-15-13-23(19-30(25)33)34-24-14-16-27-26-10-6-7-11-31(26)35-32(27)20-24/h3-20,34H,1-2H3. The zero-order chi connectivity index (χ0) is 23.6. The van der Waals surface area contributed by atoms with Crippen LogP contribution in [-0.2, 0) is 5.41 Å². The summed E-state index contributed by atoms with van der Waals surface area (Å²) in [5, 5.41) is 5.91. The molecule has 6 aromatic rings. The van der Waals surface area contributed by atoms with Crippen molar-refractivity contribution in [2.45, 2.75) is 19.3 Å². The van der Waals surface area contributed by atoms with Gasteiger partial charge in [0.25, 0.3) is 0 Å². The van der Waals surface area contributed by atoms with E-state index in [4.69, 9.17) is 4.42 Å². The smallest absolute Gasteiger partial charge is 0.137 e. The molecule has 1 aliphatic rings. The van der Waals surface area contributed by atoms with E-state index in [1.165, 1.54) is 33.4 Å². The van der Waals surface area contributed by atoms with Gasteiger partial charge in [0.05, 0.1) is 0 Å². The average molecular weight is 452 g/mol. The molecule has 168 valence electrons. The van der Waals surface area contributed by atoms with E-state index < -0.39 is 0 Å². The molecular formula is C33H25NO. The third-order valence-corrected chi connectivity index (χ3v) is 7.45. The molecule has 0 unspecified atom stereocenters. The van der Waals surface area contributed by atoms with Gasteiger partial charge in [-0.25, -0.2) is 0 Å². The number of nitrogens with one attached hydrogen (secondary N) is 1. The van der Waals surface area contributed by atoms with Crippen molar-refractivity contribution in [2.75, 3.05) is 5.32 Å². The monoisotopic (exact) mass is 451 g/mol. The predicted molar refractivity (Wildman–Crippen MR) is 146 cm³/mol. The predicted octanol–water partition coefficient (Wildman–Crippen LogP) is 9.30. The van der Waals surface area contributed by atoms with Crippen LogP contribution in [0.2, 0.25) is 0 Å². The zero-order valence-electron chi connectivity index (χ0n) is 19.8. The fourth-order valence-corrected chi connectivity index (χ4v) is 5.61. The van der Waals surface area contributed by atoms with Crippen LogP contribution in [-0.4, -0.2) is 0 Å². The van der Waals surface area contributed by atoms with Gasteiger partial charge in [0.2, 0.25) is 0 Å². The average Bonchev–Trinajstić information content (AvgIpc) is 3.36. The second-order valence-corrected chi connectivity index (χ2v) is 9.95. The molecule has 0 spiro atoms. The summed E-state index contributed by atoms with van der Waals surface area (Å²) in [4.78, 5) is 0. The summed E-state index contributed by atoms with van der Waals surface area (Å²) in [5.74, 6) is 0. The Balaban J connectivity index is 1.26. The number of hydrogen-bond donors (Lipinski definition) is 1. The Morgan fingerprint density at radius 1 is 0.543 bits per heavy atom. The lowest BCUT2D eigenvalue weighted by molar-refractivity contribution is 0.660. The number of fused-ring (bicyclic) bond motifs is 6. The van der Waals surface area contributed by atoms with E-state index in [-0.39, 0.29) is 5.41 Å². The molecule has 2 heteroatoms. The van der Waals surface area contributed by atoms with Crippen LogP contribution < -0.4 is 5.32 Å². The number of hydrogen-bond acceptors (Lipinski definition) is 2. The van der Waals surface area contributed by atoms with E-state index >= 15 is 0 Å². The van der Waals surface area contributed by atoms with Gasteiger partial charge in [-0.1, -0.05) is 80.6 Å². The molecule has 1 aromatic heterocycles. The summed E-state index contributed by atoms with van der Waals surface area (Å²) in [6.07, 6.45) is 0. The quantitative estimate of drug-likeness (QED) is 0.290. The minimum Gasteiger partial charge on any atom is -0.456 e. The third kappa shape index (κ3) is 3.10. The molecule has 0 aliphatic heterocycles. The Bertz CT molecular complexity index is 1740. The lowest BCUT2D eigenvalue weighted by Gasteiger charge is -2.22. The van der Waals surface area contributed by atoms with Crippen LogP contribution in [0.1, 0.15) is 25.0 Å². The normalized spacial score (nSPS) is 13.7. The van der Waals surface area contributed by atoms with Crippen molar-refractivity contribution in [3.8, 4) is 22.3 Å². The summed E-state index contributed by atoms with van der Waals surface area (Å²) in [5.41, 5.74) is 11.8. The van der Waals surface area contributed by atoms with Gasteiger partial charge in [-0.3, -0.25) is 0 Å². The van der Waals surface area contributed by atoms with Crippen molar-refractivity contribution in [2.24, 2.45) is 0 Å². The summed E-state index contributed by atoms with van der Waals surface area (Å²) in [6, 6.07) is 38.8. The van der Waals surface area contributed by atoms with Crippen LogP contribution in [0.25, 0.3) is 44.2 Å². The minimum atomic E-state index is -0.0553. The van der Waals surface area contributed by atoms with E-state index in [1.807, 2.05) is 12.1 Å². The fraction of sp³-hybridized carbons (Fsp3) is 0.0909. The first-order valence-corrected chi connectivity index (χ1v) is 12.1. The molecule has 0 saturated heterocycles. The molecule has 0 atom stereocenters. The van der Waals surface area contributed by atoms with Gasteiger partial charge in [0.1, 0.15) is 11.2 Å². The van der Waals surface area contributed by atoms with Crippen LogP contribution in [0.5, 0.6) is 0 Å². The van der Waals surface area contributed by atoms with Crippen molar-refractivity contribution in [1.29, 1.82) is 0 Å². The molecule has 1 N–H and O–H groups in total. The first-order chi connectivity index (χ1) is 17.1. The number of anilines is 2. The molecule has 1 heterocycles. The summed E-state index contributed by atoms with van der Waals surface area (Å²) in [6.45, 7) is 4.65. The number of rotatable bonds is 3. The lowest BCUT2D eigenvalue weighted by atomic mass is 9.82. The van der Waals surface area contributed by atoms with Crippen molar-refractivity contribution in [1.82, 2.24) is 0 Å². The lowest BCUT2D eigenvalue weighted by Crippen LogP contribution is -2.15. The van der Waals surface area contributed by atoms with E-state index in [9.17, 15) is 0 Å². The van der Waals surface area contributed by atoms with Gasteiger partial charge in [0, 0.05) is 33.6 Å². The molecule has 35 heavy (non-hydrogen) atoms. The second kappa shape index (κ2) is 7.35. The molecule has 0 bridgehead atoms. The number of benzene rings is 5. The fourth-order valence-electron chi connectivity index (χ4n) is 5.61. The van der Waals surface area contributed by atoms with Crippen molar-refractivity contribution < 1.29 is 4.42 Å². The van der Waals surface area contributed by atoms with Crippen LogP contribution >= 0.6 is 0 Å².